The van der Waals surface area contributed by atoms with Gasteiger partial charge in [-0.15, -0.1) is 0 Å². The largest absolute Gasteiger partial charge is 0.372 e. The lowest BCUT2D eigenvalue weighted by Crippen LogP contribution is -2.45. The normalized spacial score (nSPS) is 21.0. The van der Waals surface area contributed by atoms with Crippen LogP contribution in [0.25, 0.3) is 0 Å². The van der Waals surface area contributed by atoms with Gasteiger partial charge < -0.3 is 4.74 Å². The van der Waals surface area contributed by atoms with E-state index < -0.39 is 22.0 Å². The zero-order valence-corrected chi connectivity index (χ0v) is 14.3. The number of aryl methyl sites for hydroxylation is 2. The van der Waals surface area contributed by atoms with Gasteiger partial charge in [0.1, 0.15) is 5.60 Å². The van der Waals surface area contributed by atoms with E-state index in [-0.39, 0.29) is 17.7 Å². The molecule has 0 unspecified atom stereocenters. The fraction of sp³-hybridized carbons (Fsp3) is 0.412. The summed E-state index contributed by atoms with van der Waals surface area (Å²) in [7, 11) is -2.57. The first-order valence-corrected chi connectivity index (χ1v) is 9.09. The molecule has 1 atom stereocenters. The van der Waals surface area contributed by atoms with E-state index in [4.69, 9.17) is 4.74 Å². The van der Waals surface area contributed by atoms with Crippen LogP contribution < -0.4 is 0 Å². The molecule has 0 bridgehead atoms. The van der Waals surface area contributed by atoms with Crippen LogP contribution in [0.3, 0.4) is 0 Å². The maximum Gasteiger partial charge on any atom is 0.267 e. The van der Waals surface area contributed by atoms with Gasteiger partial charge in [-0.2, -0.15) is 0 Å². The van der Waals surface area contributed by atoms with Crippen LogP contribution in [-0.2, 0) is 27.6 Å². The summed E-state index contributed by atoms with van der Waals surface area (Å²) in [5, 5.41) is 0. The van der Waals surface area contributed by atoms with E-state index in [1.54, 1.807) is 18.2 Å². The van der Waals surface area contributed by atoms with Crippen LogP contribution >= 0.6 is 0 Å². The molecule has 7 heteroatoms. The Kier molecular flexibility index (Phi) is 4.25. The van der Waals surface area contributed by atoms with Crippen LogP contribution in [-0.4, -0.2) is 31.5 Å². The fourth-order valence-electron chi connectivity index (χ4n) is 3.12. The third kappa shape index (κ3) is 2.65. The van der Waals surface area contributed by atoms with Gasteiger partial charge >= 0.3 is 0 Å². The number of aromatic nitrogens is 1. The molecule has 2 aromatic rings. The second-order valence-electron chi connectivity index (χ2n) is 6.15. The molecular formula is C17H19F2NO3S. The molecule has 1 aliphatic carbocycles. The van der Waals surface area contributed by atoms with Crippen molar-refractivity contribution in [2.45, 2.75) is 43.1 Å². The highest BCUT2D eigenvalue weighted by atomic mass is 32.2. The molecule has 3 rings (SSSR count). The van der Waals surface area contributed by atoms with Crippen molar-refractivity contribution in [3.05, 3.63) is 53.3 Å². The number of hydrogen-bond donors (Lipinski definition) is 0. The predicted octanol–water partition coefficient (Wildman–Crippen LogP) is 3.17. The van der Waals surface area contributed by atoms with E-state index in [0.717, 1.165) is 15.1 Å². The fourth-order valence-corrected chi connectivity index (χ4v) is 4.52. The summed E-state index contributed by atoms with van der Waals surface area (Å²) in [6, 6.07) is 8.15. The van der Waals surface area contributed by atoms with Gasteiger partial charge in [0.2, 0.25) is 0 Å². The lowest BCUT2D eigenvalue weighted by Gasteiger charge is -2.35. The van der Waals surface area contributed by atoms with E-state index in [1.165, 1.54) is 25.4 Å². The Morgan fingerprint density at radius 3 is 2.46 bits per heavy atom. The maximum absolute atomic E-state index is 13.5. The van der Waals surface area contributed by atoms with Crippen molar-refractivity contribution < 1.29 is 21.9 Å². The van der Waals surface area contributed by atoms with E-state index >= 15 is 0 Å². The molecule has 0 saturated carbocycles. The minimum absolute atomic E-state index is 0.130. The molecule has 24 heavy (non-hydrogen) atoms. The van der Waals surface area contributed by atoms with Gasteiger partial charge in [-0.25, -0.2) is 21.2 Å². The zero-order chi connectivity index (χ0) is 17.5. The van der Waals surface area contributed by atoms with Crippen LogP contribution in [0.2, 0.25) is 0 Å². The van der Waals surface area contributed by atoms with Crippen molar-refractivity contribution in [3.8, 4) is 0 Å². The number of alkyl halides is 2. The van der Waals surface area contributed by atoms with Crippen molar-refractivity contribution in [1.29, 1.82) is 0 Å². The Bertz CT molecular complexity index is 843. The minimum Gasteiger partial charge on any atom is -0.372 e. The average molecular weight is 355 g/mol. The first kappa shape index (κ1) is 17.1. The molecule has 1 aromatic carbocycles. The smallest absolute Gasteiger partial charge is 0.267 e. The molecular weight excluding hydrogens is 336 g/mol. The van der Waals surface area contributed by atoms with Crippen LogP contribution in [0, 0.1) is 6.92 Å². The monoisotopic (exact) mass is 355 g/mol. The lowest BCUT2D eigenvalue weighted by atomic mass is 9.84. The molecule has 1 heterocycles. The zero-order valence-electron chi connectivity index (χ0n) is 13.5. The standard InChI is InChI=1S/C17H19F2NO3S/c1-12-3-5-14(6-4-12)24(21,22)20-10-8-13-7-9-17(23-2,16(18)19)11-15(13)20/h3-6,8,10,16H,7,9,11H2,1-2H3/t17-/m1/s1. The Morgan fingerprint density at radius 1 is 1.21 bits per heavy atom. The van der Waals surface area contributed by atoms with Crippen molar-refractivity contribution >= 4 is 10.0 Å². The van der Waals surface area contributed by atoms with Crippen LogP contribution in [0.5, 0.6) is 0 Å². The highest BCUT2D eigenvalue weighted by Crippen LogP contribution is 2.37. The number of hydrogen-bond acceptors (Lipinski definition) is 3. The first-order chi connectivity index (χ1) is 11.3. The summed E-state index contributed by atoms with van der Waals surface area (Å²) in [5.74, 6) is 0. The summed E-state index contributed by atoms with van der Waals surface area (Å²) in [5.41, 5.74) is 0.467. The Hall–Kier alpha value is -1.73. The Balaban J connectivity index is 2.07. The van der Waals surface area contributed by atoms with Gasteiger partial charge in [-0.05, 0) is 43.5 Å². The average Bonchev–Trinajstić information content (AvgIpc) is 2.98. The van der Waals surface area contributed by atoms with Gasteiger partial charge in [-0.1, -0.05) is 17.7 Å². The second kappa shape index (κ2) is 5.97. The second-order valence-corrected chi connectivity index (χ2v) is 7.96. The van der Waals surface area contributed by atoms with Crippen LogP contribution in [0.4, 0.5) is 8.78 Å². The minimum atomic E-state index is -3.82. The number of rotatable bonds is 4. The number of halogens is 2. The Labute approximate surface area is 140 Å². The topological polar surface area (TPSA) is 48.3 Å². The third-order valence-electron chi connectivity index (χ3n) is 4.71. The summed E-state index contributed by atoms with van der Waals surface area (Å²) in [4.78, 5) is 0.136. The van der Waals surface area contributed by atoms with Gasteiger partial charge in [0, 0.05) is 25.4 Å². The van der Waals surface area contributed by atoms with Crippen molar-refractivity contribution in [1.82, 2.24) is 3.97 Å². The summed E-state index contributed by atoms with van der Waals surface area (Å²) in [6.07, 6.45) is -0.834. The maximum atomic E-state index is 13.5. The van der Waals surface area contributed by atoms with Crippen LogP contribution in [0.15, 0.2) is 41.4 Å². The molecule has 0 aliphatic heterocycles. The molecule has 0 saturated heterocycles. The summed E-state index contributed by atoms with van der Waals surface area (Å²) in [6.45, 7) is 1.86. The number of methoxy groups -OCH3 is 1. The highest BCUT2D eigenvalue weighted by Gasteiger charge is 2.45. The molecule has 0 fully saturated rings. The molecule has 0 N–H and O–H groups in total. The van der Waals surface area contributed by atoms with Gasteiger partial charge in [0.15, 0.2) is 0 Å². The first-order valence-electron chi connectivity index (χ1n) is 7.65. The number of nitrogens with zero attached hydrogens (tertiary/aromatic N) is 1. The van der Waals surface area contributed by atoms with E-state index in [9.17, 15) is 17.2 Å². The van der Waals surface area contributed by atoms with Gasteiger partial charge in [0.05, 0.1) is 4.90 Å². The molecule has 1 aromatic heterocycles. The third-order valence-corrected chi connectivity index (χ3v) is 6.44. The SMILES string of the molecule is CO[C@]1(C(F)F)CCc2ccn(S(=O)(=O)c3ccc(C)cc3)c2C1. The molecule has 130 valence electrons. The van der Waals surface area contributed by atoms with Crippen molar-refractivity contribution in [2.24, 2.45) is 0 Å². The van der Waals surface area contributed by atoms with Gasteiger partial charge in [0.25, 0.3) is 16.4 Å². The lowest BCUT2D eigenvalue weighted by molar-refractivity contribution is -0.128. The number of benzene rings is 1. The molecule has 1 aliphatic rings. The number of fused-ring (bicyclic) bond motifs is 1. The van der Waals surface area contributed by atoms with E-state index in [1.807, 2.05) is 6.92 Å². The number of ether oxygens (including phenoxy) is 1. The summed E-state index contributed by atoms with van der Waals surface area (Å²) < 4.78 is 59.0. The van der Waals surface area contributed by atoms with Crippen molar-refractivity contribution in [2.75, 3.05) is 7.11 Å². The van der Waals surface area contributed by atoms with Crippen molar-refractivity contribution in [3.63, 3.8) is 0 Å². The highest BCUT2D eigenvalue weighted by molar-refractivity contribution is 7.90. The van der Waals surface area contributed by atoms with E-state index in [2.05, 4.69) is 0 Å². The van der Waals surface area contributed by atoms with E-state index in [0.29, 0.717) is 12.1 Å². The quantitative estimate of drug-likeness (QED) is 0.846. The summed E-state index contributed by atoms with van der Waals surface area (Å²) >= 11 is 0. The molecule has 0 spiro atoms. The van der Waals surface area contributed by atoms with Crippen LogP contribution in [0.1, 0.15) is 23.2 Å². The molecule has 4 nitrogen and oxygen atoms in total. The molecule has 0 amide bonds. The predicted molar refractivity (Wildman–Crippen MR) is 86.0 cm³/mol. The van der Waals surface area contributed by atoms with Gasteiger partial charge in [-0.3, -0.25) is 0 Å². The Morgan fingerprint density at radius 2 is 1.88 bits per heavy atom. The molecule has 0 radical (unpaired) electrons.